The Bertz CT molecular complexity index is 1480. The fourth-order valence-corrected chi connectivity index (χ4v) is 5.89. The van der Waals surface area contributed by atoms with Crippen LogP contribution in [0.3, 0.4) is 0 Å². The quantitative estimate of drug-likeness (QED) is 0.316. The van der Waals surface area contributed by atoms with Gasteiger partial charge in [0.15, 0.2) is 5.43 Å². The molecule has 2 aliphatic rings. The second kappa shape index (κ2) is 7.54. The van der Waals surface area contributed by atoms with Crippen LogP contribution >= 0.6 is 23.4 Å². The van der Waals surface area contributed by atoms with Crippen LogP contribution in [0.4, 0.5) is 5.69 Å². The first-order valence-electron chi connectivity index (χ1n) is 10.4. The van der Waals surface area contributed by atoms with Crippen LogP contribution in [0.15, 0.2) is 86.0 Å². The summed E-state index contributed by atoms with van der Waals surface area (Å²) in [6, 6.07) is 19.3. The fraction of sp³-hybridized carbons (Fsp3) is 0.154. The van der Waals surface area contributed by atoms with Crippen LogP contribution in [-0.2, 0) is 0 Å². The topological polar surface area (TPSA) is 51.8 Å². The number of hydrogen-bond acceptors (Lipinski definition) is 5. The van der Waals surface area contributed by atoms with Crippen molar-refractivity contribution in [3.63, 3.8) is 0 Å². The second-order valence-corrected chi connectivity index (χ2v) is 9.70. The predicted molar refractivity (Wildman–Crippen MR) is 129 cm³/mol. The minimum atomic E-state index is -0.217. The maximum absolute atomic E-state index is 13.6. The molecule has 0 radical (unpaired) electrons. The lowest BCUT2D eigenvalue weighted by Crippen LogP contribution is -2.33. The van der Waals surface area contributed by atoms with Crippen LogP contribution in [0.5, 0.6) is 5.75 Å². The number of thioether (sulfide) groups is 1. The third kappa shape index (κ3) is 3.15. The monoisotopic (exact) mass is 459 g/mol. The summed E-state index contributed by atoms with van der Waals surface area (Å²) in [6.45, 7) is 2.50. The number of halogens is 1. The SMILES string of the molecule is Cc1ccc2c(c1)C1=Nc3ccccc3SC(c3coc4ccc(Cl)cc4c3=O)C1CO2. The number of nitrogens with zero attached hydrogens (tertiary/aromatic N) is 1. The van der Waals surface area contributed by atoms with Crippen molar-refractivity contribution in [2.24, 2.45) is 10.9 Å². The smallest absolute Gasteiger partial charge is 0.197 e. The van der Waals surface area contributed by atoms with E-state index < -0.39 is 0 Å². The van der Waals surface area contributed by atoms with Gasteiger partial charge in [-0.3, -0.25) is 9.79 Å². The molecule has 2 aliphatic heterocycles. The van der Waals surface area contributed by atoms with E-state index in [2.05, 4.69) is 13.0 Å². The number of fused-ring (bicyclic) bond motifs is 5. The van der Waals surface area contributed by atoms with Crippen LogP contribution in [-0.4, -0.2) is 12.3 Å². The van der Waals surface area contributed by atoms with Crippen molar-refractivity contribution < 1.29 is 9.15 Å². The van der Waals surface area contributed by atoms with E-state index in [4.69, 9.17) is 25.7 Å². The number of ether oxygens (including phenoxy) is 1. The molecule has 0 spiro atoms. The molecule has 1 aromatic heterocycles. The average molecular weight is 460 g/mol. The molecular formula is C26H18ClNO3S. The van der Waals surface area contributed by atoms with E-state index in [0.29, 0.717) is 28.2 Å². The maximum atomic E-state index is 13.6. The number of benzene rings is 3. The van der Waals surface area contributed by atoms with E-state index >= 15 is 0 Å². The molecule has 3 aromatic carbocycles. The summed E-state index contributed by atoms with van der Waals surface area (Å²) >= 11 is 7.81. The van der Waals surface area contributed by atoms with Gasteiger partial charge in [-0.25, -0.2) is 0 Å². The van der Waals surface area contributed by atoms with Crippen molar-refractivity contribution >= 4 is 45.7 Å². The third-order valence-corrected chi connectivity index (χ3v) is 7.64. The molecule has 0 saturated carbocycles. The summed E-state index contributed by atoms with van der Waals surface area (Å²) in [7, 11) is 0. The number of rotatable bonds is 1. The Morgan fingerprint density at radius 2 is 1.97 bits per heavy atom. The lowest BCUT2D eigenvalue weighted by molar-refractivity contribution is 0.271. The van der Waals surface area contributed by atoms with Crippen LogP contribution in [0, 0.1) is 12.8 Å². The molecule has 0 N–H and O–H groups in total. The molecule has 0 saturated heterocycles. The molecule has 6 heteroatoms. The Kier molecular flexibility index (Phi) is 4.63. The van der Waals surface area contributed by atoms with Crippen LogP contribution < -0.4 is 10.2 Å². The van der Waals surface area contributed by atoms with Crippen molar-refractivity contribution in [2.45, 2.75) is 17.1 Å². The van der Waals surface area contributed by atoms with Gasteiger partial charge >= 0.3 is 0 Å². The average Bonchev–Trinajstić information content (AvgIpc) is 2.97. The highest BCUT2D eigenvalue weighted by atomic mass is 35.5. The first-order chi connectivity index (χ1) is 15.6. The fourth-order valence-electron chi connectivity index (χ4n) is 4.39. The predicted octanol–water partition coefficient (Wildman–Crippen LogP) is 6.73. The number of aryl methyl sites for hydroxylation is 1. The number of para-hydroxylation sites is 1. The van der Waals surface area contributed by atoms with Crippen molar-refractivity contribution in [3.8, 4) is 5.75 Å². The Morgan fingerprint density at radius 3 is 2.88 bits per heavy atom. The zero-order valence-corrected chi connectivity index (χ0v) is 18.7. The summed E-state index contributed by atoms with van der Waals surface area (Å²) in [5, 5.41) is 0.777. The van der Waals surface area contributed by atoms with E-state index in [1.54, 1.807) is 36.2 Å². The van der Waals surface area contributed by atoms with Crippen molar-refractivity contribution in [1.82, 2.24) is 0 Å². The van der Waals surface area contributed by atoms with E-state index in [1.165, 1.54) is 0 Å². The highest BCUT2D eigenvalue weighted by Crippen LogP contribution is 2.50. The number of hydrogen-bond donors (Lipinski definition) is 0. The normalized spacial score (nSPS) is 19.2. The van der Waals surface area contributed by atoms with Gasteiger partial charge in [0, 0.05) is 21.0 Å². The third-order valence-electron chi connectivity index (χ3n) is 5.97. The molecule has 0 bridgehead atoms. The summed E-state index contributed by atoms with van der Waals surface area (Å²) < 4.78 is 12.0. The van der Waals surface area contributed by atoms with E-state index in [-0.39, 0.29) is 16.6 Å². The van der Waals surface area contributed by atoms with Crippen LogP contribution in [0.2, 0.25) is 5.02 Å². The van der Waals surface area contributed by atoms with Gasteiger partial charge in [0.2, 0.25) is 0 Å². The molecule has 2 unspecified atom stereocenters. The highest BCUT2D eigenvalue weighted by molar-refractivity contribution is 7.99. The molecule has 32 heavy (non-hydrogen) atoms. The van der Waals surface area contributed by atoms with Crippen molar-refractivity contribution in [1.29, 1.82) is 0 Å². The van der Waals surface area contributed by atoms with Gasteiger partial charge in [-0.05, 0) is 49.4 Å². The lowest BCUT2D eigenvalue weighted by Gasteiger charge is -2.31. The summed E-state index contributed by atoms with van der Waals surface area (Å²) in [5.41, 5.74) is 5.02. The van der Waals surface area contributed by atoms with E-state index in [1.807, 2.05) is 36.4 Å². The van der Waals surface area contributed by atoms with Crippen LogP contribution in [0.25, 0.3) is 11.0 Å². The zero-order chi connectivity index (χ0) is 21.8. The van der Waals surface area contributed by atoms with Crippen molar-refractivity contribution in [2.75, 3.05) is 6.61 Å². The van der Waals surface area contributed by atoms with Gasteiger partial charge in [0.05, 0.1) is 40.8 Å². The van der Waals surface area contributed by atoms with Gasteiger partial charge < -0.3 is 9.15 Å². The van der Waals surface area contributed by atoms with Gasteiger partial charge in [-0.15, -0.1) is 11.8 Å². The Hall–Kier alpha value is -3.02. The van der Waals surface area contributed by atoms with Crippen molar-refractivity contribution in [3.05, 3.63) is 98.9 Å². The Morgan fingerprint density at radius 1 is 1.09 bits per heavy atom. The number of aliphatic imine (C=N–C) groups is 1. The summed E-state index contributed by atoms with van der Waals surface area (Å²) in [6.07, 6.45) is 1.59. The lowest BCUT2D eigenvalue weighted by atomic mass is 9.87. The molecule has 4 aromatic rings. The largest absolute Gasteiger partial charge is 0.492 e. The van der Waals surface area contributed by atoms with Gasteiger partial charge in [0.1, 0.15) is 11.3 Å². The molecule has 2 atom stereocenters. The van der Waals surface area contributed by atoms with Gasteiger partial charge in [-0.2, -0.15) is 0 Å². The molecular weight excluding hydrogens is 442 g/mol. The van der Waals surface area contributed by atoms with Crippen LogP contribution in [0.1, 0.15) is 21.9 Å². The molecule has 0 aliphatic carbocycles. The maximum Gasteiger partial charge on any atom is 0.197 e. The summed E-state index contributed by atoms with van der Waals surface area (Å²) in [4.78, 5) is 19.7. The minimum Gasteiger partial charge on any atom is -0.492 e. The first kappa shape index (κ1) is 19.6. The Labute approximate surface area is 193 Å². The van der Waals surface area contributed by atoms with Gasteiger partial charge in [0.25, 0.3) is 0 Å². The molecule has 158 valence electrons. The Balaban J connectivity index is 1.59. The van der Waals surface area contributed by atoms with Gasteiger partial charge in [-0.1, -0.05) is 35.4 Å². The first-order valence-corrected chi connectivity index (χ1v) is 11.6. The standard InChI is InChI=1S/C26H18ClNO3S/c1-14-6-8-21-16(10-14)24-18(12-30-21)26(32-23-5-3-2-4-20(23)28-24)19-13-31-22-9-7-15(27)11-17(22)25(19)29/h2-11,13,18,26H,12H2,1H3. The molecule has 6 rings (SSSR count). The van der Waals surface area contributed by atoms with E-state index in [0.717, 1.165) is 33.2 Å². The zero-order valence-electron chi connectivity index (χ0n) is 17.2. The second-order valence-electron chi connectivity index (χ2n) is 8.08. The molecule has 0 fully saturated rings. The summed E-state index contributed by atoms with van der Waals surface area (Å²) in [5.74, 6) is 0.715. The van der Waals surface area contributed by atoms with E-state index in [9.17, 15) is 4.79 Å². The molecule has 4 nitrogen and oxygen atoms in total. The molecule has 3 heterocycles. The highest BCUT2D eigenvalue weighted by Gasteiger charge is 2.38. The minimum absolute atomic E-state index is 0.0694. The molecule has 0 amide bonds.